The molecule has 2 N–H and O–H groups in total. The first-order chi connectivity index (χ1) is 10.1. The minimum Gasteiger partial charge on any atom is -0.369 e. The van der Waals surface area contributed by atoms with Crippen LogP contribution in [0.15, 0.2) is 36.4 Å². The van der Waals surface area contributed by atoms with E-state index >= 15 is 0 Å². The molecule has 0 aliphatic heterocycles. The normalized spacial score (nSPS) is 10.5. The molecule has 1 heterocycles. The third-order valence-electron chi connectivity index (χ3n) is 3.09. The Hall–Kier alpha value is -2.43. The quantitative estimate of drug-likeness (QED) is 0.884. The first-order valence-corrected chi connectivity index (χ1v) is 7.09. The smallest absolute Gasteiger partial charge is 0.276 e. The van der Waals surface area contributed by atoms with Crippen LogP contribution in [0.5, 0.6) is 0 Å². The van der Waals surface area contributed by atoms with E-state index in [9.17, 15) is 4.79 Å². The monoisotopic (exact) mass is 284 g/mol. The minimum absolute atomic E-state index is 0.261. The molecule has 0 aliphatic carbocycles. The summed E-state index contributed by atoms with van der Waals surface area (Å²) in [4.78, 5) is 12.1. The third-order valence-corrected chi connectivity index (χ3v) is 3.09. The summed E-state index contributed by atoms with van der Waals surface area (Å²) in [5, 5.41) is 13.7. The summed E-state index contributed by atoms with van der Waals surface area (Å²) in [6, 6.07) is 11.2. The van der Waals surface area contributed by atoms with Crippen LogP contribution in [0.4, 0.5) is 11.5 Å². The van der Waals surface area contributed by atoms with Crippen LogP contribution in [-0.2, 0) is 0 Å². The van der Waals surface area contributed by atoms with Crippen molar-refractivity contribution < 1.29 is 4.79 Å². The number of hydrogen-bond donors (Lipinski definition) is 2. The maximum Gasteiger partial charge on any atom is 0.276 e. The van der Waals surface area contributed by atoms with E-state index in [0.717, 1.165) is 12.2 Å². The predicted molar refractivity (Wildman–Crippen MR) is 84.7 cm³/mol. The highest BCUT2D eigenvalue weighted by molar-refractivity contribution is 6.02. The lowest BCUT2D eigenvalue weighted by Gasteiger charge is -2.08. The number of nitrogens with zero attached hydrogens (tertiary/aromatic N) is 2. The number of anilines is 2. The molecule has 0 bridgehead atoms. The predicted octanol–water partition coefficient (Wildman–Crippen LogP) is 3.28. The van der Waals surface area contributed by atoms with Crippen molar-refractivity contribution in [2.45, 2.75) is 26.7 Å². The van der Waals surface area contributed by atoms with Crippen molar-refractivity contribution >= 4 is 17.4 Å². The second kappa shape index (κ2) is 6.83. The number of carbonyl (C=O) groups excluding carboxylic acids is 1. The lowest BCUT2D eigenvalue weighted by atomic mass is 10.0. The molecule has 0 radical (unpaired) electrons. The highest BCUT2D eigenvalue weighted by Crippen LogP contribution is 2.17. The summed E-state index contributed by atoms with van der Waals surface area (Å²) in [5.41, 5.74) is 2.29. The van der Waals surface area contributed by atoms with Crippen molar-refractivity contribution in [1.82, 2.24) is 10.2 Å². The Kier molecular flexibility index (Phi) is 4.87. The van der Waals surface area contributed by atoms with Crippen LogP contribution in [-0.4, -0.2) is 22.6 Å². The van der Waals surface area contributed by atoms with E-state index in [4.69, 9.17) is 0 Å². The van der Waals surface area contributed by atoms with Crippen LogP contribution >= 0.6 is 0 Å². The van der Waals surface area contributed by atoms with Gasteiger partial charge in [-0.3, -0.25) is 4.79 Å². The van der Waals surface area contributed by atoms with Gasteiger partial charge in [-0.25, -0.2) is 0 Å². The highest BCUT2D eigenvalue weighted by atomic mass is 16.1. The van der Waals surface area contributed by atoms with Crippen LogP contribution in [0.25, 0.3) is 0 Å². The molecule has 0 fully saturated rings. The zero-order chi connectivity index (χ0) is 15.2. The Balaban J connectivity index is 2.03. The Bertz CT molecular complexity index is 591. The number of benzene rings is 1. The fourth-order valence-electron chi connectivity index (χ4n) is 1.88. The summed E-state index contributed by atoms with van der Waals surface area (Å²) in [6.45, 7) is 7.01. The molecule has 1 aromatic carbocycles. The SMILES string of the molecule is CCNc1ccc(C(=O)Nc2ccc(C(C)C)cc2)nn1. The van der Waals surface area contributed by atoms with Gasteiger partial charge in [-0.05, 0) is 42.7 Å². The Morgan fingerprint density at radius 2 is 1.81 bits per heavy atom. The van der Waals surface area contributed by atoms with Gasteiger partial charge in [0.15, 0.2) is 5.69 Å². The van der Waals surface area contributed by atoms with Crippen molar-refractivity contribution in [2.24, 2.45) is 0 Å². The highest BCUT2D eigenvalue weighted by Gasteiger charge is 2.09. The molecule has 1 amide bonds. The van der Waals surface area contributed by atoms with Gasteiger partial charge in [-0.2, -0.15) is 0 Å². The van der Waals surface area contributed by atoms with E-state index in [0.29, 0.717) is 17.4 Å². The molecule has 1 aromatic heterocycles. The van der Waals surface area contributed by atoms with Gasteiger partial charge < -0.3 is 10.6 Å². The zero-order valence-electron chi connectivity index (χ0n) is 12.6. The van der Waals surface area contributed by atoms with E-state index in [2.05, 4.69) is 34.7 Å². The summed E-state index contributed by atoms with van der Waals surface area (Å²) < 4.78 is 0. The molecule has 0 saturated heterocycles. The van der Waals surface area contributed by atoms with E-state index in [1.807, 2.05) is 31.2 Å². The van der Waals surface area contributed by atoms with Gasteiger partial charge in [0, 0.05) is 12.2 Å². The summed E-state index contributed by atoms with van der Waals surface area (Å²) in [6.07, 6.45) is 0. The number of amides is 1. The van der Waals surface area contributed by atoms with Gasteiger partial charge in [0.25, 0.3) is 5.91 Å². The maximum absolute atomic E-state index is 12.1. The lowest BCUT2D eigenvalue weighted by molar-refractivity contribution is 0.102. The minimum atomic E-state index is -0.261. The van der Waals surface area contributed by atoms with E-state index in [1.54, 1.807) is 12.1 Å². The molecule has 110 valence electrons. The average Bonchev–Trinajstić information content (AvgIpc) is 2.49. The van der Waals surface area contributed by atoms with Crippen molar-refractivity contribution in [1.29, 1.82) is 0 Å². The van der Waals surface area contributed by atoms with Crippen molar-refractivity contribution in [2.75, 3.05) is 17.2 Å². The molecule has 0 aliphatic rings. The molecule has 21 heavy (non-hydrogen) atoms. The van der Waals surface area contributed by atoms with Crippen LogP contribution < -0.4 is 10.6 Å². The molecule has 0 spiro atoms. The first-order valence-electron chi connectivity index (χ1n) is 7.09. The Morgan fingerprint density at radius 3 is 2.33 bits per heavy atom. The standard InChI is InChI=1S/C16H20N4O/c1-4-17-15-10-9-14(19-20-15)16(21)18-13-7-5-12(6-8-13)11(2)3/h5-11H,4H2,1-3H3,(H,17,20)(H,18,21). The van der Waals surface area contributed by atoms with Gasteiger partial charge in [-0.1, -0.05) is 26.0 Å². The number of aromatic nitrogens is 2. The topological polar surface area (TPSA) is 66.9 Å². The molecule has 5 heteroatoms. The number of rotatable bonds is 5. The van der Waals surface area contributed by atoms with Gasteiger partial charge in [0.2, 0.25) is 0 Å². The van der Waals surface area contributed by atoms with Gasteiger partial charge in [-0.15, -0.1) is 10.2 Å². The van der Waals surface area contributed by atoms with Crippen molar-refractivity contribution in [3.8, 4) is 0 Å². The number of hydrogen-bond acceptors (Lipinski definition) is 4. The summed E-state index contributed by atoms with van der Waals surface area (Å²) >= 11 is 0. The largest absolute Gasteiger partial charge is 0.369 e. The number of carbonyl (C=O) groups is 1. The number of nitrogens with one attached hydrogen (secondary N) is 2. The van der Waals surface area contributed by atoms with Crippen molar-refractivity contribution in [3.63, 3.8) is 0 Å². The van der Waals surface area contributed by atoms with Gasteiger partial charge in [0.05, 0.1) is 0 Å². The molecule has 0 atom stereocenters. The van der Waals surface area contributed by atoms with Crippen LogP contribution in [0.3, 0.4) is 0 Å². The van der Waals surface area contributed by atoms with Crippen LogP contribution in [0.2, 0.25) is 0 Å². The second-order valence-corrected chi connectivity index (χ2v) is 5.06. The second-order valence-electron chi connectivity index (χ2n) is 5.06. The molecule has 2 rings (SSSR count). The third kappa shape index (κ3) is 4.02. The zero-order valence-corrected chi connectivity index (χ0v) is 12.6. The molecular formula is C16H20N4O. The van der Waals surface area contributed by atoms with E-state index in [1.165, 1.54) is 5.56 Å². The van der Waals surface area contributed by atoms with Crippen LogP contribution in [0.1, 0.15) is 42.7 Å². The molecule has 0 unspecified atom stereocenters. The van der Waals surface area contributed by atoms with Gasteiger partial charge in [0.1, 0.15) is 5.82 Å². The van der Waals surface area contributed by atoms with Crippen LogP contribution in [0, 0.1) is 0 Å². The Morgan fingerprint density at radius 1 is 1.10 bits per heavy atom. The summed E-state index contributed by atoms with van der Waals surface area (Å²) in [7, 11) is 0. The molecular weight excluding hydrogens is 264 g/mol. The average molecular weight is 284 g/mol. The lowest BCUT2D eigenvalue weighted by Crippen LogP contribution is -2.14. The van der Waals surface area contributed by atoms with E-state index < -0.39 is 0 Å². The van der Waals surface area contributed by atoms with Crippen molar-refractivity contribution in [3.05, 3.63) is 47.7 Å². The Labute approximate surface area is 124 Å². The first kappa shape index (κ1) is 15.0. The fraction of sp³-hybridized carbons (Fsp3) is 0.312. The van der Waals surface area contributed by atoms with E-state index in [-0.39, 0.29) is 5.91 Å². The summed E-state index contributed by atoms with van der Waals surface area (Å²) in [5.74, 6) is 0.873. The molecule has 0 saturated carbocycles. The van der Waals surface area contributed by atoms with Gasteiger partial charge >= 0.3 is 0 Å². The maximum atomic E-state index is 12.1. The molecule has 2 aromatic rings. The molecule has 5 nitrogen and oxygen atoms in total. The fourth-order valence-corrected chi connectivity index (χ4v) is 1.88.